The second kappa shape index (κ2) is 6.06. The lowest BCUT2D eigenvalue weighted by molar-refractivity contribution is 0.336. The van der Waals surface area contributed by atoms with Crippen molar-refractivity contribution in [1.82, 2.24) is 4.98 Å². The Morgan fingerprint density at radius 3 is 2.42 bits per heavy atom. The fourth-order valence-electron chi connectivity index (χ4n) is 1.66. The molecule has 0 aliphatic carbocycles. The van der Waals surface area contributed by atoms with Gasteiger partial charge >= 0.3 is 0 Å². The monoisotopic (exact) mass is 260 g/mol. The quantitative estimate of drug-likeness (QED) is 0.893. The van der Waals surface area contributed by atoms with E-state index in [1.165, 1.54) is 0 Å². The van der Waals surface area contributed by atoms with Crippen molar-refractivity contribution in [2.24, 2.45) is 5.73 Å². The molecule has 0 fully saturated rings. The lowest BCUT2D eigenvalue weighted by atomic mass is 10.3. The fourth-order valence-corrected chi connectivity index (χ4v) is 1.66. The van der Waals surface area contributed by atoms with E-state index in [9.17, 15) is 0 Å². The minimum Gasteiger partial charge on any atom is -0.493 e. The number of aromatic nitrogens is 1. The summed E-state index contributed by atoms with van der Waals surface area (Å²) in [5, 5.41) is 0. The van der Waals surface area contributed by atoms with Crippen LogP contribution in [0.2, 0.25) is 0 Å². The van der Waals surface area contributed by atoms with E-state index >= 15 is 0 Å². The number of nitrogens with zero attached hydrogens (tertiary/aromatic N) is 1. The number of methoxy groups -OCH3 is 2. The van der Waals surface area contributed by atoms with Gasteiger partial charge in [0.25, 0.3) is 0 Å². The predicted molar refractivity (Wildman–Crippen MR) is 71.7 cm³/mol. The largest absolute Gasteiger partial charge is 0.493 e. The van der Waals surface area contributed by atoms with E-state index in [1.54, 1.807) is 26.5 Å². The van der Waals surface area contributed by atoms with E-state index in [4.69, 9.17) is 19.9 Å². The maximum atomic E-state index is 5.73. The summed E-state index contributed by atoms with van der Waals surface area (Å²) in [6.45, 7) is 0.406. The number of benzene rings is 1. The average molecular weight is 260 g/mol. The van der Waals surface area contributed by atoms with E-state index in [1.807, 2.05) is 24.3 Å². The van der Waals surface area contributed by atoms with Gasteiger partial charge in [-0.05, 0) is 24.3 Å². The number of hydrogen-bond acceptors (Lipinski definition) is 5. The summed E-state index contributed by atoms with van der Waals surface area (Å²) < 4.78 is 16.2. The van der Waals surface area contributed by atoms with E-state index in [-0.39, 0.29) is 0 Å². The van der Waals surface area contributed by atoms with Crippen LogP contribution < -0.4 is 19.9 Å². The highest BCUT2D eigenvalue weighted by atomic mass is 16.5. The Labute approximate surface area is 111 Å². The first-order valence-electron chi connectivity index (χ1n) is 5.82. The molecule has 100 valence electrons. The Morgan fingerprint density at radius 2 is 1.84 bits per heavy atom. The maximum Gasteiger partial charge on any atom is 0.203 e. The lowest BCUT2D eigenvalue weighted by Crippen LogP contribution is -1.99. The molecule has 0 spiro atoms. The third-order valence-electron chi connectivity index (χ3n) is 2.60. The van der Waals surface area contributed by atoms with Crippen LogP contribution in [0, 0.1) is 0 Å². The van der Waals surface area contributed by atoms with Crippen molar-refractivity contribution < 1.29 is 14.2 Å². The topological polar surface area (TPSA) is 66.6 Å². The molecule has 2 rings (SSSR count). The summed E-state index contributed by atoms with van der Waals surface area (Å²) in [6, 6.07) is 9.08. The normalized spacial score (nSPS) is 10.1. The van der Waals surface area contributed by atoms with Gasteiger partial charge in [0.1, 0.15) is 5.75 Å². The van der Waals surface area contributed by atoms with Crippen LogP contribution in [0.5, 0.6) is 23.0 Å². The average Bonchev–Trinajstić information content (AvgIpc) is 2.47. The minimum absolute atomic E-state index is 0.406. The summed E-state index contributed by atoms with van der Waals surface area (Å²) in [4.78, 5) is 4.17. The van der Waals surface area contributed by atoms with E-state index < -0.39 is 0 Å². The molecule has 0 radical (unpaired) electrons. The molecule has 0 aliphatic heterocycles. The molecule has 5 heteroatoms. The lowest BCUT2D eigenvalue weighted by Gasteiger charge is -2.13. The molecule has 19 heavy (non-hydrogen) atoms. The van der Waals surface area contributed by atoms with Gasteiger partial charge in [0.15, 0.2) is 11.5 Å². The van der Waals surface area contributed by atoms with Crippen molar-refractivity contribution in [1.29, 1.82) is 0 Å². The van der Waals surface area contributed by atoms with Gasteiger partial charge in [-0.3, -0.25) is 4.98 Å². The first-order valence-corrected chi connectivity index (χ1v) is 5.82. The molecule has 5 nitrogen and oxygen atoms in total. The molecule has 2 aromatic rings. The molecule has 0 amide bonds. The van der Waals surface area contributed by atoms with Crippen LogP contribution in [0.25, 0.3) is 0 Å². The van der Waals surface area contributed by atoms with E-state index in [0.29, 0.717) is 29.5 Å². The Balaban J connectivity index is 2.26. The molecule has 0 saturated heterocycles. The SMILES string of the molecule is COc1cccc(Oc2ccc(CN)nc2)c1OC. The van der Waals surface area contributed by atoms with E-state index in [0.717, 1.165) is 5.69 Å². The van der Waals surface area contributed by atoms with Crippen molar-refractivity contribution in [2.75, 3.05) is 14.2 Å². The van der Waals surface area contributed by atoms with Crippen LogP contribution in [-0.4, -0.2) is 19.2 Å². The van der Waals surface area contributed by atoms with Gasteiger partial charge in [-0.1, -0.05) is 6.07 Å². The van der Waals surface area contributed by atoms with Crippen LogP contribution in [-0.2, 0) is 6.54 Å². The highest BCUT2D eigenvalue weighted by Crippen LogP contribution is 2.38. The molecule has 0 aliphatic rings. The van der Waals surface area contributed by atoms with Crippen LogP contribution in [0.4, 0.5) is 0 Å². The van der Waals surface area contributed by atoms with Crippen LogP contribution in [0.3, 0.4) is 0 Å². The molecular formula is C14H16N2O3. The van der Waals surface area contributed by atoms with Crippen LogP contribution in [0.15, 0.2) is 36.5 Å². The van der Waals surface area contributed by atoms with Gasteiger partial charge in [0, 0.05) is 6.54 Å². The summed E-state index contributed by atoms with van der Waals surface area (Å²) in [6.07, 6.45) is 1.63. The zero-order chi connectivity index (χ0) is 13.7. The number of ether oxygens (including phenoxy) is 3. The number of rotatable bonds is 5. The highest BCUT2D eigenvalue weighted by Gasteiger charge is 2.11. The zero-order valence-corrected chi connectivity index (χ0v) is 10.9. The Bertz CT molecular complexity index is 541. The van der Waals surface area contributed by atoms with Crippen molar-refractivity contribution in [2.45, 2.75) is 6.54 Å². The van der Waals surface area contributed by atoms with Crippen LogP contribution >= 0.6 is 0 Å². The standard InChI is InChI=1S/C14H16N2O3/c1-17-12-4-3-5-13(14(12)18-2)19-11-7-6-10(8-15)16-9-11/h3-7,9H,8,15H2,1-2H3. The molecule has 0 bridgehead atoms. The molecule has 0 unspecified atom stereocenters. The molecule has 1 aromatic carbocycles. The summed E-state index contributed by atoms with van der Waals surface area (Å²) >= 11 is 0. The molecule has 1 aromatic heterocycles. The highest BCUT2D eigenvalue weighted by molar-refractivity contribution is 5.52. The second-order valence-electron chi connectivity index (χ2n) is 3.78. The molecule has 0 saturated carbocycles. The van der Waals surface area contributed by atoms with Gasteiger partial charge in [-0.25, -0.2) is 0 Å². The summed E-state index contributed by atoms with van der Waals surface area (Å²) in [5.41, 5.74) is 6.31. The van der Waals surface area contributed by atoms with Gasteiger partial charge in [0.05, 0.1) is 26.1 Å². The van der Waals surface area contributed by atoms with Gasteiger partial charge < -0.3 is 19.9 Å². The molecule has 2 N–H and O–H groups in total. The summed E-state index contributed by atoms with van der Waals surface area (Å²) in [5.74, 6) is 2.35. The second-order valence-corrected chi connectivity index (χ2v) is 3.78. The molecule has 1 heterocycles. The Morgan fingerprint density at radius 1 is 1.05 bits per heavy atom. The third kappa shape index (κ3) is 2.95. The zero-order valence-electron chi connectivity index (χ0n) is 10.9. The first-order chi connectivity index (χ1) is 9.28. The summed E-state index contributed by atoms with van der Waals surface area (Å²) in [7, 11) is 3.15. The van der Waals surface area contributed by atoms with Gasteiger partial charge in [-0.15, -0.1) is 0 Å². The van der Waals surface area contributed by atoms with Crippen LogP contribution in [0.1, 0.15) is 5.69 Å². The smallest absolute Gasteiger partial charge is 0.203 e. The maximum absolute atomic E-state index is 5.73. The molecular weight excluding hydrogens is 244 g/mol. The number of hydrogen-bond donors (Lipinski definition) is 1. The number of nitrogens with two attached hydrogens (primary N) is 1. The molecule has 0 atom stereocenters. The fraction of sp³-hybridized carbons (Fsp3) is 0.214. The Kier molecular flexibility index (Phi) is 4.20. The first kappa shape index (κ1) is 13.2. The third-order valence-corrected chi connectivity index (χ3v) is 2.60. The van der Waals surface area contributed by atoms with E-state index in [2.05, 4.69) is 4.98 Å². The van der Waals surface area contributed by atoms with Gasteiger partial charge in [0.2, 0.25) is 5.75 Å². The van der Waals surface area contributed by atoms with Crippen molar-refractivity contribution in [3.05, 3.63) is 42.2 Å². The minimum atomic E-state index is 0.406. The van der Waals surface area contributed by atoms with Gasteiger partial charge in [-0.2, -0.15) is 0 Å². The van der Waals surface area contributed by atoms with Crippen molar-refractivity contribution in [3.8, 4) is 23.0 Å². The van der Waals surface area contributed by atoms with Crippen molar-refractivity contribution in [3.63, 3.8) is 0 Å². The number of pyridine rings is 1. The Hall–Kier alpha value is -2.27. The predicted octanol–water partition coefficient (Wildman–Crippen LogP) is 2.35. The number of para-hydroxylation sites is 1. The van der Waals surface area contributed by atoms with Crippen molar-refractivity contribution >= 4 is 0 Å².